The van der Waals surface area contributed by atoms with Crippen LogP contribution in [0.15, 0.2) is 96.7 Å². The second-order valence-corrected chi connectivity index (χ2v) is 9.98. The first-order valence-corrected chi connectivity index (χ1v) is 13.3. The number of aromatic nitrogens is 4. The summed E-state index contributed by atoms with van der Waals surface area (Å²) in [6.07, 6.45) is 8.39. The molecule has 2 aromatic carbocycles. The average Bonchev–Trinajstić information content (AvgIpc) is 3.38. The molecule has 0 unspecified atom stereocenters. The van der Waals surface area contributed by atoms with E-state index in [4.69, 9.17) is 0 Å². The Balaban J connectivity index is 1.38. The van der Waals surface area contributed by atoms with E-state index in [2.05, 4.69) is 33.7 Å². The molecule has 3 aromatic heterocycles. The molecule has 0 fully saturated rings. The van der Waals surface area contributed by atoms with Crippen molar-refractivity contribution in [3.63, 3.8) is 0 Å². The maximum atomic E-state index is 13.7. The van der Waals surface area contributed by atoms with Gasteiger partial charge in [-0.1, -0.05) is 60.7 Å². The lowest BCUT2D eigenvalue weighted by atomic mass is 10.0. The first-order chi connectivity index (χ1) is 19.0. The number of pyridine rings is 1. The van der Waals surface area contributed by atoms with Crippen molar-refractivity contribution >= 4 is 22.3 Å². The summed E-state index contributed by atoms with van der Waals surface area (Å²) in [5.74, 6) is -0.00683. The van der Waals surface area contributed by atoms with Gasteiger partial charge in [-0.2, -0.15) is 0 Å². The van der Waals surface area contributed by atoms with Gasteiger partial charge >= 0.3 is 0 Å². The number of rotatable bonds is 11. The molecule has 39 heavy (non-hydrogen) atoms. The van der Waals surface area contributed by atoms with Gasteiger partial charge in [-0.05, 0) is 61.9 Å². The molecule has 0 aliphatic carbocycles. The van der Waals surface area contributed by atoms with Crippen molar-refractivity contribution in [3.8, 4) is 11.3 Å². The molecule has 3 heterocycles. The van der Waals surface area contributed by atoms with Crippen LogP contribution in [0.1, 0.15) is 42.3 Å². The van der Waals surface area contributed by atoms with E-state index in [-0.39, 0.29) is 17.9 Å². The highest BCUT2D eigenvalue weighted by Gasteiger charge is 2.16. The van der Waals surface area contributed by atoms with Crippen LogP contribution in [0.4, 0.5) is 0 Å². The first kappa shape index (κ1) is 26.0. The zero-order valence-electron chi connectivity index (χ0n) is 22.2. The molecule has 5 aromatic rings. The molecular weight excluding hydrogens is 484 g/mol. The molecule has 6 nitrogen and oxygen atoms in total. The van der Waals surface area contributed by atoms with Gasteiger partial charge in [-0.3, -0.25) is 24.1 Å². The molecular formula is C33H32N4O2. The van der Waals surface area contributed by atoms with Crippen molar-refractivity contribution in [2.45, 2.75) is 45.6 Å². The molecule has 196 valence electrons. The minimum absolute atomic E-state index is 0.00144. The Hall–Kier alpha value is -4.58. The molecule has 0 aliphatic heterocycles. The summed E-state index contributed by atoms with van der Waals surface area (Å²) in [4.78, 5) is 38.9. The number of aromatic amines is 1. The van der Waals surface area contributed by atoms with Gasteiger partial charge in [0, 0.05) is 41.0 Å². The van der Waals surface area contributed by atoms with Gasteiger partial charge in [-0.15, -0.1) is 0 Å². The number of carbonyl (C=O) groups excluding carboxylic acids is 1. The predicted octanol–water partition coefficient (Wildman–Crippen LogP) is 6.20. The first-order valence-electron chi connectivity index (χ1n) is 13.3. The number of H-pyrrole nitrogens is 1. The lowest BCUT2D eigenvalue weighted by Crippen LogP contribution is -2.30. The van der Waals surface area contributed by atoms with E-state index in [0.29, 0.717) is 30.7 Å². The molecule has 0 spiro atoms. The summed E-state index contributed by atoms with van der Waals surface area (Å²) >= 11 is 0. The van der Waals surface area contributed by atoms with Crippen molar-refractivity contribution in [2.75, 3.05) is 0 Å². The number of ketones is 1. The molecule has 1 N–H and O–H groups in total. The minimum Gasteiger partial charge on any atom is -0.358 e. The normalized spacial score (nSPS) is 11.1. The standard InChI is InChI=1S/C33H32N4O2/c1-23(2)25-11-7-12-26(18-25)32-21-35-31(13-6-10-24-8-4-3-5-9-24)33(39)37(32)22-29(38)15-14-28-19-27-20-34-17-16-30(27)36-28/h3-5,7-9,11-12,16-21,36H,1,6,10,13-15,22H2,2H3. The van der Waals surface area contributed by atoms with Gasteiger partial charge in [0.25, 0.3) is 5.56 Å². The number of nitrogens with zero attached hydrogens (tertiary/aromatic N) is 3. The number of allylic oxidation sites excluding steroid dienone is 1. The third-order valence-corrected chi connectivity index (χ3v) is 6.98. The van der Waals surface area contributed by atoms with Crippen LogP contribution in [0.25, 0.3) is 27.7 Å². The van der Waals surface area contributed by atoms with Crippen LogP contribution in [0.2, 0.25) is 0 Å². The lowest BCUT2D eigenvalue weighted by molar-refractivity contribution is -0.119. The Morgan fingerprint density at radius 3 is 2.62 bits per heavy atom. The van der Waals surface area contributed by atoms with Crippen molar-refractivity contribution in [1.29, 1.82) is 0 Å². The van der Waals surface area contributed by atoms with Crippen molar-refractivity contribution < 1.29 is 4.79 Å². The third-order valence-electron chi connectivity index (χ3n) is 6.98. The maximum Gasteiger partial charge on any atom is 0.273 e. The molecule has 0 radical (unpaired) electrons. The van der Waals surface area contributed by atoms with Crippen LogP contribution in [-0.4, -0.2) is 25.3 Å². The topological polar surface area (TPSA) is 80.6 Å². The van der Waals surface area contributed by atoms with Gasteiger partial charge in [-0.25, -0.2) is 0 Å². The zero-order chi connectivity index (χ0) is 27.2. The number of fused-ring (bicyclic) bond motifs is 1. The van der Waals surface area contributed by atoms with Gasteiger partial charge in [0.1, 0.15) is 5.69 Å². The monoisotopic (exact) mass is 516 g/mol. The van der Waals surface area contributed by atoms with Crippen molar-refractivity contribution in [3.05, 3.63) is 125 Å². The summed E-state index contributed by atoms with van der Waals surface area (Å²) in [5, 5.41) is 1.02. The van der Waals surface area contributed by atoms with E-state index in [1.807, 2.05) is 61.5 Å². The van der Waals surface area contributed by atoms with Crippen LogP contribution in [0, 0.1) is 0 Å². The van der Waals surface area contributed by atoms with E-state index in [1.165, 1.54) is 5.56 Å². The largest absolute Gasteiger partial charge is 0.358 e. The van der Waals surface area contributed by atoms with Crippen LogP contribution < -0.4 is 5.56 Å². The average molecular weight is 517 g/mol. The summed E-state index contributed by atoms with van der Waals surface area (Å²) in [5.41, 5.74) is 6.88. The quantitative estimate of drug-likeness (QED) is 0.227. The van der Waals surface area contributed by atoms with Crippen LogP contribution >= 0.6 is 0 Å². The van der Waals surface area contributed by atoms with E-state index in [9.17, 15) is 9.59 Å². The Kier molecular flexibility index (Phi) is 7.92. The second kappa shape index (κ2) is 11.9. The van der Waals surface area contributed by atoms with Crippen molar-refractivity contribution in [2.24, 2.45) is 0 Å². The van der Waals surface area contributed by atoms with Crippen LogP contribution in [0.3, 0.4) is 0 Å². The molecule has 0 aliphatic rings. The van der Waals surface area contributed by atoms with Gasteiger partial charge in [0.15, 0.2) is 5.78 Å². The number of benzene rings is 2. The highest BCUT2D eigenvalue weighted by Crippen LogP contribution is 2.23. The Bertz CT molecular complexity index is 1650. The van der Waals surface area contributed by atoms with Crippen LogP contribution in [-0.2, 0) is 30.6 Å². The highest BCUT2D eigenvalue weighted by atomic mass is 16.1. The number of aryl methyl sites for hydroxylation is 3. The summed E-state index contributed by atoms with van der Waals surface area (Å²) < 4.78 is 1.60. The molecule has 5 rings (SSSR count). The molecule has 0 amide bonds. The smallest absolute Gasteiger partial charge is 0.273 e. The second-order valence-electron chi connectivity index (χ2n) is 9.98. The van der Waals surface area contributed by atoms with E-state index in [0.717, 1.165) is 46.1 Å². The molecule has 6 heteroatoms. The summed E-state index contributed by atoms with van der Waals surface area (Å²) in [6.45, 7) is 5.99. The van der Waals surface area contributed by atoms with Gasteiger partial charge in [0.05, 0.1) is 18.4 Å². The number of Topliss-reactive ketones (excluding diaryl/α,β-unsaturated/α-hetero) is 1. The number of hydrogen-bond donors (Lipinski definition) is 1. The predicted molar refractivity (Wildman–Crippen MR) is 157 cm³/mol. The molecule has 0 bridgehead atoms. The lowest BCUT2D eigenvalue weighted by Gasteiger charge is -2.15. The number of carbonyl (C=O) groups is 1. The Morgan fingerprint density at radius 2 is 1.82 bits per heavy atom. The summed E-state index contributed by atoms with van der Waals surface area (Å²) in [7, 11) is 0. The van der Waals surface area contributed by atoms with Crippen molar-refractivity contribution in [1.82, 2.24) is 19.5 Å². The van der Waals surface area contributed by atoms with E-state index < -0.39 is 0 Å². The van der Waals surface area contributed by atoms with E-state index in [1.54, 1.807) is 23.2 Å². The fourth-order valence-corrected chi connectivity index (χ4v) is 4.83. The molecule has 0 atom stereocenters. The zero-order valence-corrected chi connectivity index (χ0v) is 22.2. The SMILES string of the molecule is C=C(C)c1cccc(-c2cnc(CCCc3ccccc3)c(=O)n2CC(=O)CCc2cc3cnccc3[nH]2)c1. The Morgan fingerprint density at radius 1 is 0.974 bits per heavy atom. The van der Waals surface area contributed by atoms with E-state index >= 15 is 0 Å². The molecule has 0 saturated heterocycles. The van der Waals surface area contributed by atoms with Crippen LogP contribution in [0.5, 0.6) is 0 Å². The number of hydrogen-bond acceptors (Lipinski definition) is 4. The third kappa shape index (κ3) is 6.29. The minimum atomic E-state index is -0.202. The fraction of sp³-hybridized carbons (Fsp3) is 0.212. The highest BCUT2D eigenvalue weighted by molar-refractivity contribution is 5.81. The molecule has 0 saturated carbocycles. The fourth-order valence-electron chi connectivity index (χ4n) is 4.83. The van der Waals surface area contributed by atoms with Gasteiger partial charge in [0.2, 0.25) is 0 Å². The number of nitrogens with one attached hydrogen (secondary N) is 1. The summed E-state index contributed by atoms with van der Waals surface area (Å²) in [6, 6.07) is 22.0. The Labute approximate surface area is 228 Å². The van der Waals surface area contributed by atoms with Gasteiger partial charge < -0.3 is 4.98 Å². The maximum absolute atomic E-state index is 13.7.